The molecule has 0 amide bonds. The lowest BCUT2D eigenvalue weighted by atomic mass is 10.2. The van der Waals surface area contributed by atoms with Crippen molar-refractivity contribution in [3.63, 3.8) is 0 Å². The number of aromatic nitrogens is 2. The number of aryl methyl sites for hydroxylation is 1. The van der Waals surface area contributed by atoms with Crippen molar-refractivity contribution < 1.29 is 23.1 Å². The Kier molecular flexibility index (Phi) is 3.61. The Morgan fingerprint density at radius 3 is 2.84 bits per heavy atom. The van der Waals surface area contributed by atoms with Crippen molar-refractivity contribution in [2.45, 2.75) is 30.5 Å². The molecule has 2 heterocycles. The molecule has 2 unspecified atom stereocenters. The second kappa shape index (κ2) is 4.91. The number of β-amino-alcohol motifs (C(OH)–C–C–N with tert-alkyl or cyclic N) is 1. The zero-order chi connectivity index (χ0) is 14.2. The highest BCUT2D eigenvalue weighted by molar-refractivity contribution is 7.89. The molecule has 8 nitrogen and oxygen atoms in total. The molecular weight excluding hydrogens is 274 g/mol. The van der Waals surface area contributed by atoms with E-state index in [-0.39, 0.29) is 18.0 Å². The van der Waals surface area contributed by atoms with Crippen molar-refractivity contribution in [2.75, 3.05) is 13.7 Å². The molecule has 0 aromatic carbocycles. The van der Waals surface area contributed by atoms with E-state index in [1.165, 1.54) is 13.3 Å². The van der Waals surface area contributed by atoms with Crippen LogP contribution in [0.2, 0.25) is 0 Å². The first-order chi connectivity index (χ1) is 8.86. The number of aromatic amines is 1. The first-order valence-electron chi connectivity index (χ1n) is 5.65. The van der Waals surface area contributed by atoms with Crippen LogP contribution in [-0.2, 0) is 19.6 Å². The topological polar surface area (TPSA) is 113 Å². The Morgan fingerprint density at radius 1 is 1.63 bits per heavy atom. The molecule has 106 valence electrons. The number of aliphatic hydroxyl groups is 1. The van der Waals surface area contributed by atoms with Gasteiger partial charge in [-0.2, -0.15) is 4.31 Å². The number of hydrogen-bond acceptors (Lipinski definition) is 6. The predicted octanol–water partition coefficient (Wildman–Crippen LogP) is -0.985. The van der Waals surface area contributed by atoms with Crippen LogP contribution in [0.15, 0.2) is 11.2 Å². The number of aliphatic hydroxyl groups excluding tert-OH is 1. The zero-order valence-corrected chi connectivity index (χ0v) is 11.3. The highest BCUT2D eigenvalue weighted by Gasteiger charge is 2.44. The maximum atomic E-state index is 12.4. The number of nitrogens with zero attached hydrogens (tertiary/aromatic N) is 2. The normalized spacial score (nSPS) is 24.6. The highest BCUT2D eigenvalue weighted by Crippen LogP contribution is 2.26. The third kappa shape index (κ3) is 2.48. The van der Waals surface area contributed by atoms with Crippen LogP contribution in [0.4, 0.5) is 0 Å². The van der Waals surface area contributed by atoms with E-state index in [1.54, 1.807) is 6.92 Å². The number of H-pyrrole nitrogens is 1. The predicted molar refractivity (Wildman–Crippen MR) is 63.6 cm³/mol. The van der Waals surface area contributed by atoms with Crippen LogP contribution in [0.3, 0.4) is 0 Å². The summed E-state index contributed by atoms with van der Waals surface area (Å²) in [7, 11) is -2.72. The molecule has 9 heteroatoms. The molecule has 2 atom stereocenters. The summed E-state index contributed by atoms with van der Waals surface area (Å²) in [4.78, 5) is 18.0. The maximum Gasteiger partial charge on any atom is 0.324 e. The summed E-state index contributed by atoms with van der Waals surface area (Å²) in [5, 5.41) is 9.49. The Labute approximate surface area is 110 Å². The molecule has 19 heavy (non-hydrogen) atoms. The van der Waals surface area contributed by atoms with Crippen LogP contribution in [0.1, 0.15) is 12.2 Å². The number of carbonyl (C=O) groups excluding carboxylic acids is 1. The van der Waals surface area contributed by atoms with Crippen LogP contribution in [0.25, 0.3) is 0 Å². The number of esters is 1. The van der Waals surface area contributed by atoms with E-state index in [4.69, 9.17) is 0 Å². The molecular formula is C10H15N3O5S. The third-order valence-electron chi connectivity index (χ3n) is 2.97. The van der Waals surface area contributed by atoms with E-state index < -0.39 is 28.1 Å². The second-order valence-electron chi connectivity index (χ2n) is 4.34. The first-order valence-corrected chi connectivity index (χ1v) is 7.09. The van der Waals surface area contributed by atoms with Gasteiger partial charge in [0.25, 0.3) is 10.0 Å². The molecule has 1 aliphatic rings. The van der Waals surface area contributed by atoms with Crippen LogP contribution in [0, 0.1) is 6.92 Å². The summed E-state index contributed by atoms with van der Waals surface area (Å²) in [5.41, 5.74) is 0. The van der Waals surface area contributed by atoms with Crippen molar-refractivity contribution >= 4 is 16.0 Å². The van der Waals surface area contributed by atoms with Crippen LogP contribution >= 0.6 is 0 Å². The second-order valence-corrected chi connectivity index (χ2v) is 6.20. The van der Waals surface area contributed by atoms with Gasteiger partial charge in [0, 0.05) is 13.0 Å². The number of sulfonamides is 1. The first kappa shape index (κ1) is 14.0. The van der Waals surface area contributed by atoms with E-state index in [0.717, 1.165) is 4.31 Å². The molecule has 0 saturated carbocycles. The van der Waals surface area contributed by atoms with Crippen molar-refractivity contribution in [3.8, 4) is 0 Å². The SMILES string of the molecule is COC(=O)C1CC(O)CN1S(=O)(=O)c1cnc(C)[nH]1. The molecule has 0 radical (unpaired) electrons. The molecule has 2 rings (SSSR count). The fourth-order valence-corrected chi connectivity index (χ4v) is 3.65. The standard InChI is InChI=1S/C10H15N3O5S/c1-6-11-4-9(12-6)19(16,17)13-5-7(14)3-8(13)10(15)18-2/h4,7-8,14H,3,5H2,1-2H3,(H,11,12). The van der Waals surface area contributed by atoms with Crippen LogP contribution in [0.5, 0.6) is 0 Å². The number of carbonyl (C=O) groups is 1. The number of imidazole rings is 1. The zero-order valence-electron chi connectivity index (χ0n) is 10.5. The van der Waals surface area contributed by atoms with Gasteiger partial charge < -0.3 is 14.8 Å². The molecule has 1 fully saturated rings. The fraction of sp³-hybridized carbons (Fsp3) is 0.600. The van der Waals surface area contributed by atoms with Crippen molar-refractivity contribution in [1.82, 2.24) is 14.3 Å². The van der Waals surface area contributed by atoms with Crippen molar-refractivity contribution in [1.29, 1.82) is 0 Å². The Morgan fingerprint density at radius 2 is 2.32 bits per heavy atom. The molecule has 0 bridgehead atoms. The minimum Gasteiger partial charge on any atom is -0.468 e. The Bertz CT molecular complexity index is 582. The molecule has 0 spiro atoms. The minimum absolute atomic E-state index is 0.0268. The molecule has 1 saturated heterocycles. The largest absolute Gasteiger partial charge is 0.468 e. The molecule has 1 aliphatic heterocycles. The summed E-state index contributed by atoms with van der Waals surface area (Å²) >= 11 is 0. The van der Waals surface area contributed by atoms with Crippen LogP contribution < -0.4 is 0 Å². The third-order valence-corrected chi connectivity index (χ3v) is 4.76. The fourth-order valence-electron chi connectivity index (χ4n) is 2.06. The average molecular weight is 289 g/mol. The lowest BCUT2D eigenvalue weighted by molar-refractivity contribution is -0.144. The van der Waals surface area contributed by atoms with Gasteiger partial charge in [-0.25, -0.2) is 13.4 Å². The number of rotatable bonds is 3. The van der Waals surface area contributed by atoms with Gasteiger partial charge in [0.2, 0.25) is 0 Å². The van der Waals surface area contributed by atoms with E-state index >= 15 is 0 Å². The van der Waals surface area contributed by atoms with Crippen molar-refractivity contribution in [2.24, 2.45) is 0 Å². The van der Waals surface area contributed by atoms with Gasteiger partial charge in [0.15, 0.2) is 5.03 Å². The summed E-state index contributed by atoms with van der Waals surface area (Å²) in [5.74, 6) is -0.232. The average Bonchev–Trinajstić information content (AvgIpc) is 2.95. The number of ether oxygens (including phenoxy) is 1. The molecule has 1 aromatic rings. The molecule has 0 aliphatic carbocycles. The summed E-state index contributed by atoms with van der Waals surface area (Å²) < 4.78 is 30.2. The maximum absolute atomic E-state index is 12.4. The Balaban J connectivity index is 2.36. The number of methoxy groups -OCH3 is 1. The van der Waals surface area contributed by atoms with E-state index in [0.29, 0.717) is 5.82 Å². The minimum atomic E-state index is -3.90. The lowest BCUT2D eigenvalue weighted by Gasteiger charge is -2.20. The van der Waals surface area contributed by atoms with Gasteiger partial charge in [-0.1, -0.05) is 0 Å². The van der Waals surface area contributed by atoms with E-state index in [9.17, 15) is 18.3 Å². The smallest absolute Gasteiger partial charge is 0.324 e. The summed E-state index contributed by atoms with van der Waals surface area (Å²) in [6, 6.07) is -1.01. The monoisotopic (exact) mass is 289 g/mol. The quantitative estimate of drug-likeness (QED) is 0.691. The number of nitrogens with one attached hydrogen (secondary N) is 1. The van der Waals surface area contributed by atoms with E-state index in [1.807, 2.05) is 0 Å². The van der Waals surface area contributed by atoms with Gasteiger partial charge in [-0.15, -0.1) is 0 Å². The Hall–Kier alpha value is -1.45. The summed E-state index contributed by atoms with van der Waals surface area (Å²) in [6.07, 6.45) is 0.325. The molecule has 2 N–H and O–H groups in total. The van der Waals surface area contributed by atoms with Gasteiger partial charge in [-0.05, 0) is 6.92 Å². The number of hydrogen-bond donors (Lipinski definition) is 2. The van der Waals surface area contributed by atoms with Gasteiger partial charge in [-0.3, -0.25) is 4.79 Å². The van der Waals surface area contributed by atoms with Gasteiger partial charge in [0.1, 0.15) is 11.9 Å². The summed E-state index contributed by atoms with van der Waals surface area (Å²) in [6.45, 7) is 1.48. The lowest BCUT2D eigenvalue weighted by Crippen LogP contribution is -2.41. The van der Waals surface area contributed by atoms with E-state index in [2.05, 4.69) is 14.7 Å². The van der Waals surface area contributed by atoms with Crippen molar-refractivity contribution in [3.05, 3.63) is 12.0 Å². The van der Waals surface area contributed by atoms with Gasteiger partial charge in [0.05, 0.1) is 19.4 Å². The molecule has 1 aromatic heterocycles. The van der Waals surface area contributed by atoms with Crippen LogP contribution in [-0.4, -0.2) is 59.6 Å². The highest BCUT2D eigenvalue weighted by atomic mass is 32.2. The van der Waals surface area contributed by atoms with Gasteiger partial charge >= 0.3 is 5.97 Å².